The molecule has 0 saturated carbocycles. The van der Waals surface area contributed by atoms with Gasteiger partial charge in [0.1, 0.15) is 0 Å². The summed E-state index contributed by atoms with van der Waals surface area (Å²) in [7, 11) is 0. The van der Waals surface area contributed by atoms with Gasteiger partial charge in [0.2, 0.25) is 0 Å². The van der Waals surface area contributed by atoms with Gasteiger partial charge in [0.25, 0.3) is 0 Å². The Morgan fingerprint density at radius 1 is 0.917 bits per heavy atom. The van der Waals surface area contributed by atoms with E-state index in [4.69, 9.17) is 0 Å². The van der Waals surface area contributed by atoms with Gasteiger partial charge < -0.3 is 10.4 Å². The van der Waals surface area contributed by atoms with Gasteiger partial charge in [-0.3, -0.25) is 0 Å². The molecule has 124 valence electrons. The molecule has 3 rings (SSSR count). The second kappa shape index (κ2) is 7.65. The SMILES string of the molecule is Cc1ccc(NC(CC(O)c2ccc(C)cc2)c2cccs2)cc1. The zero-order valence-corrected chi connectivity index (χ0v) is 14.9. The van der Waals surface area contributed by atoms with Crippen LogP contribution in [0.25, 0.3) is 0 Å². The summed E-state index contributed by atoms with van der Waals surface area (Å²) in [6.07, 6.45) is 0.146. The molecule has 0 radical (unpaired) electrons. The van der Waals surface area contributed by atoms with Gasteiger partial charge in [-0.2, -0.15) is 0 Å². The summed E-state index contributed by atoms with van der Waals surface area (Å²) in [5.74, 6) is 0. The first-order valence-corrected chi connectivity index (χ1v) is 9.11. The lowest BCUT2D eigenvalue weighted by Gasteiger charge is -2.22. The topological polar surface area (TPSA) is 32.3 Å². The van der Waals surface area contributed by atoms with Crippen molar-refractivity contribution in [2.75, 3.05) is 5.32 Å². The van der Waals surface area contributed by atoms with E-state index in [-0.39, 0.29) is 6.04 Å². The van der Waals surface area contributed by atoms with E-state index in [2.05, 4.69) is 60.9 Å². The second-order valence-electron chi connectivity index (χ2n) is 6.24. The molecule has 0 amide bonds. The van der Waals surface area contributed by atoms with Crippen LogP contribution in [0.1, 0.15) is 40.1 Å². The average Bonchev–Trinajstić information content (AvgIpc) is 3.11. The Morgan fingerprint density at radius 3 is 2.12 bits per heavy atom. The maximum atomic E-state index is 10.7. The van der Waals surface area contributed by atoms with Crippen molar-refractivity contribution in [2.24, 2.45) is 0 Å². The Kier molecular flexibility index (Phi) is 5.34. The quantitative estimate of drug-likeness (QED) is 0.610. The van der Waals surface area contributed by atoms with Crippen LogP contribution in [0.5, 0.6) is 0 Å². The highest BCUT2D eigenvalue weighted by Gasteiger charge is 2.18. The van der Waals surface area contributed by atoms with Crippen LogP contribution < -0.4 is 5.32 Å². The lowest BCUT2D eigenvalue weighted by Crippen LogP contribution is -2.13. The third kappa shape index (κ3) is 4.25. The molecule has 2 aromatic carbocycles. The Bertz CT molecular complexity index is 748. The number of aryl methyl sites for hydroxylation is 2. The highest BCUT2D eigenvalue weighted by molar-refractivity contribution is 7.10. The number of nitrogens with one attached hydrogen (secondary N) is 1. The number of aliphatic hydroxyl groups is 1. The van der Waals surface area contributed by atoms with Gasteiger partial charge in [0.15, 0.2) is 0 Å². The van der Waals surface area contributed by atoms with E-state index in [9.17, 15) is 5.11 Å². The second-order valence-corrected chi connectivity index (χ2v) is 7.22. The Labute approximate surface area is 147 Å². The maximum absolute atomic E-state index is 10.7. The highest BCUT2D eigenvalue weighted by atomic mass is 32.1. The van der Waals surface area contributed by atoms with Crippen molar-refractivity contribution in [2.45, 2.75) is 32.4 Å². The molecule has 0 saturated heterocycles. The normalized spacial score (nSPS) is 13.5. The molecule has 2 N–H and O–H groups in total. The average molecular weight is 337 g/mol. The molecule has 0 aliphatic carbocycles. The molecule has 2 atom stereocenters. The zero-order chi connectivity index (χ0) is 16.9. The summed E-state index contributed by atoms with van der Waals surface area (Å²) in [5, 5.41) is 16.3. The van der Waals surface area contributed by atoms with Crippen molar-refractivity contribution < 1.29 is 5.11 Å². The smallest absolute Gasteiger partial charge is 0.0813 e. The summed E-state index contributed by atoms with van der Waals surface area (Å²) >= 11 is 1.72. The monoisotopic (exact) mass is 337 g/mol. The Balaban J connectivity index is 1.77. The first-order chi connectivity index (χ1) is 11.6. The molecule has 0 bridgehead atoms. The zero-order valence-electron chi connectivity index (χ0n) is 14.1. The molecule has 3 aromatic rings. The Hall–Kier alpha value is -2.10. The molecule has 3 heteroatoms. The summed E-state index contributed by atoms with van der Waals surface area (Å²) < 4.78 is 0. The summed E-state index contributed by atoms with van der Waals surface area (Å²) in [6.45, 7) is 4.14. The number of rotatable bonds is 6. The predicted molar refractivity (Wildman–Crippen MR) is 103 cm³/mol. The molecule has 0 fully saturated rings. The van der Waals surface area contributed by atoms with Crippen molar-refractivity contribution in [1.29, 1.82) is 0 Å². The fourth-order valence-corrected chi connectivity index (χ4v) is 3.53. The molecule has 24 heavy (non-hydrogen) atoms. The number of hydrogen-bond donors (Lipinski definition) is 2. The predicted octanol–water partition coefficient (Wildman–Crippen LogP) is 5.64. The summed E-state index contributed by atoms with van der Waals surface area (Å²) in [6, 6.07) is 20.8. The number of anilines is 1. The van der Waals surface area contributed by atoms with Gasteiger partial charge in [-0.15, -0.1) is 11.3 Å². The third-order valence-electron chi connectivity index (χ3n) is 4.20. The Morgan fingerprint density at radius 2 is 1.54 bits per heavy atom. The molecule has 2 nitrogen and oxygen atoms in total. The van der Waals surface area contributed by atoms with Gasteiger partial charge in [-0.1, -0.05) is 53.6 Å². The van der Waals surface area contributed by atoms with Gasteiger partial charge in [-0.05, 0) is 43.0 Å². The summed E-state index contributed by atoms with van der Waals surface area (Å²) in [4.78, 5) is 1.24. The van der Waals surface area contributed by atoms with E-state index in [0.717, 1.165) is 11.3 Å². The molecular weight excluding hydrogens is 314 g/mol. The van der Waals surface area contributed by atoms with Crippen LogP contribution in [0.15, 0.2) is 66.0 Å². The maximum Gasteiger partial charge on any atom is 0.0813 e. The third-order valence-corrected chi connectivity index (χ3v) is 5.19. The van der Waals surface area contributed by atoms with Crippen LogP contribution in [-0.4, -0.2) is 5.11 Å². The van der Waals surface area contributed by atoms with Gasteiger partial charge in [0.05, 0.1) is 12.1 Å². The fourth-order valence-electron chi connectivity index (χ4n) is 2.73. The minimum absolute atomic E-state index is 0.0870. The van der Waals surface area contributed by atoms with Crippen molar-refractivity contribution >= 4 is 17.0 Å². The van der Waals surface area contributed by atoms with Crippen LogP contribution >= 0.6 is 11.3 Å². The lowest BCUT2D eigenvalue weighted by molar-refractivity contribution is 0.161. The van der Waals surface area contributed by atoms with E-state index < -0.39 is 6.10 Å². The van der Waals surface area contributed by atoms with Crippen molar-refractivity contribution in [3.8, 4) is 0 Å². The van der Waals surface area contributed by atoms with Crippen LogP contribution in [0.4, 0.5) is 5.69 Å². The lowest BCUT2D eigenvalue weighted by atomic mass is 10.00. The summed E-state index contributed by atoms with van der Waals surface area (Å²) in [5.41, 5.74) is 4.49. The number of benzene rings is 2. The fraction of sp³-hybridized carbons (Fsp3) is 0.238. The largest absolute Gasteiger partial charge is 0.388 e. The van der Waals surface area contributed by atoms with Crippen LogP contribution in [0.3, 0.4) is 0 Å². The highest BCUT2D eigenvalue weighted by Crippen LogP contribution is 2.32. The molecular formula is C21H23NOS. The number of thiophene rings is 1. The van der Waals surface area contributed by atoms with Crippen molar-refractivity contribution in [1.82, 2.24) is 0 Å². The van der Waals surface area contributed by atoms with Gasteiger partial charge in [0, 0.05) is 17.0 Å². The molecule has 1 heterocycles. The molecule has 0 aliphatic heterocycles. The number of aliphatic hydroxyl groups excluding tert-OH is 1. The molecule has 0 spiro atoms. The number of hydrogen-bond acceptors (Lipinski definition) is 3. The van der Waals surface area contributed by atoms with Crippen LogP contribution in [0.2, 0.25) is 0 Å². The standard InChI is InChI=1S/C21H23NOS/c1-15-5-9-17(10-6-15)20(23)14-19(21-4-3-13-24-21)22-18-11-7-16(2)8-12-18/h3-13,19-20,22-23H,14H2,1-2H3. The van der Waals surface area contributed by atoms with E-state index in [1.807, 2.05) is 24.3 Å². The minimum Gasteiger partial charge on any atom is -0.388 e. The first-order valence-electron chi connectivity index (χ1n) is 8.23. The van der Waals surface area contributed by atoms with Crippen molar-refractivity contribution in [3.05, 3.63) is 87.6 Å². The van der Waals surface area contributed by atoms with Crippen LogP contribution in [0, 0.1) is 13.8 Å². The molecule has 1 aromatic heterocycles. The van der Waals surface area contributed by atoms with Gasteiger partial charge >= 0.3 is 0 Å². The van der Waals surface area contributed by atoms with E-state index in [0.29, 0.717) is 6.42 Å². The first kappa shape index (κ1) is 16.7. The van der Waals surface area contributed by atoms with Crippen LogP contribution in [-0.2, 0) is 0 Å². The minimum atomic E-state index is -0.490. The van der Waals surface area contributed by atoms with Crippen molar-refractivity contribution in [3.63, 3.8) is 0 Å². The van der Waals surface area contributed by atoms with Gasteiger partial charge in [-0.25, -0.2) is 0 Å². The molecule has 0 aliphatic rings. The molecule has 2 unspecified atom stereocenters. The van der Waals surface area contributed by atoms with E-state index in [1.165, 1.54) is 16.0 Å². The van der Waals surface area contributed by atoms with E-state index >= 15 is 0 Å². The van der Waals surface area contributed by atoms with E-state index in [1.54, 1.807) is 11.3 Å².